The quantitative estimate of drug-likeness (QED) is 0.848. The van der Waals surface area contributed by atoms with Gasteiger partial charge in [0.25, 0.3) is 11.7 Å². The van der Waals surface area contributed by atoms with Gasteiger partial charge in [-0.1, -0.05) is 36.5 Å². The molecule has 0 aromatic heterocycles. The van der Waals surface area contributed by atoms with E-state index in [9.17, 15) is 4.79 Å². The van der Waals surface area contributed by atoms with E-state index in [1.165, 1.54) is 0 Å². The number of amides is 1. The van der Waals surface area contributed by atoms with Crippen LogP contribution in [0.4, 0.5) is 5.69 Å². The number of hydrogen-bond acceptors (Lipinski definition) is 3. The zero-order chi connectivity index (χ0) is 15.0. The highest BCUT2D eigenvalue weighted by molar-refractivity contribution is 6.38. The van der Waals surface area contributed by atoms with Gasteiger partial charge in [0.15, 0.2) is 0 Å². The molecule has 2 aliphatic heterocycles. The first-order valence-corrected chi connectivity index (χ1v) is 7.95. The Morgan fingerprint density at radius 2 is 1.90 bits per heavy atom. The SMILES string of the molecule is CCCCN1C(=O)C2(OCCCO2)c2c(Cl)ccc(Cl)c21. The monoisotopic (exact) mass is 329 g/mol. The van der Waals surface area contributed by atoms with Gasteiger partial charge >= 0.3 is 0 Å². The summed E-state index contributed by atoms with van der Waals surface area (Å²) in [6.07, 6.45) is 2.62. The van der Waals surface area contributed by atoms with E-state index in [-0.39, 0.29) is 5.91 Å². The molecular formula is C15H17Cl2NO3. The number of anilines is 1. The Bertz CT molecular complexity index is 570. The average Bonchev–Trinajstić information content (AvgIpc) is 2.73. The molecule has 0 saturated carbocycles. The number of fused-ring (bicyclic) bond motifs is 2. The fourth-order valence-corrected chi connectivity index (χ4v) is 3.37. The van der Waals surface area contributed by atoms with Crippen molar-refractivity contribution in [3.05, 3.63) is 27.7 Å². The second-order valence-corrected chi connectivity index (χ2v) is 6.04. The highest BCUT2D eigenvalue weighted by atomic mass is 35.5. The molecule has 3 rings (SSSR count). The Kier molecular flexibility index (Phi) is 4.14. The van der Waals surface area contributed by atoms with E-state index in [1.54, 1.807) is 17.0 Å². The molecule has 0 radical (unpaired) electrons. The van der Waals surface area contributed by atoms with E-state index in [1.807, 2.05) is 0 Å². The van der Waals surface area contributed by atoms with Crippen LogP contribution in [-0.4, -0.2) is 25.7 Å². The van der Waals surface area contributed by atoms with Crippen LogP contribution < -0.4 is 4.90 Å². The molecule has 2 aliphatic rings. The maximum atomic E-state index is 12.9. The van der Waals surface area contributed by atoms with Crippen LogP contribution in [0.5, 0.6) is 0 Å². The normalized spacial score (nSPS) is 20.1. The minimum Gasteiger partial charge on any atom is -0.338 e. The largest absolute Gasteiger partial charge is 0.338 e. The van der Waals surface area contributed by atoms with Gasteiger partial charge in [0, 0.05) is 6.54 Å². The summed E-state index contributed by atoms with van der Waals surface area (Å²) in [4.78, 5) is 14.6. The lowest BCUT2D eigenvalue weighted by atomic mass is 10.1. The predicted octanol–water partition coefficient (Wildman–Crippen LogP) is 3.73. The van der Waals surface area contributed by atoms with Crippen LogP contribution in [-0.2, 0) is 20.1 Å². The van der Waals surface area contributed by atoms with Crippen molar-refractivity contribution < 1.29 is 14.3 Å². The Morgan fingerprint density at radius 3 is 2.57 bits per heavy atom. The first-order chi connectivity index (χ1) is 10.1. The van der Waals surface area contributed by atoms with Crippen molar-refractivity contribution in [1.82, 2.24) is 0 Å². The van der Waals surface area contributed by atoms with Gasteiger partial charge in [-0.2, -0.15) is 0 Å². The third kappa shape index (κ3) is 2.25. The Morgan fingerprint density at radius 1 is 1.24 bits per heavy atom. The van der Waals surface area contributed by atoms with Gasteiger partial charge in [-0.05, 0) is 25.0 Å². The summed E-state index contributed by atoms with van der Waals surface area (Å²) in [6.45, 7) is 3.59. The number of ether oxygens (including phenoxy) is 2. The lowest BCUT2D eigenvalue weighted by Gasteiger charge is -2.32. The molecule has 6 heteroatoms. The third-order valence-electron chi connectivity index (χ3n) is 3.84. The molecule has 1 amide bonds. The zero-order valence-electron chi connectivity index (χ0n) is 11.8. The van der Waals surface area contributed by atoms with E-state index in [0.717, 1.165) is 19.3 Å². The molecule has 114 valence electrons. The summed E-state index contributed by atoms with van der Waals surface area (Å²) in [5.41, 5.74) is 1.18. The Balaban J connectivity index is 2.14. The maximum Gasteiger partial charge on any atom is 0.292 e. The summed E-state index contributed by atoms with van der Waals surface area (Å²) < 4.78 is 11.5. The molecule has 2 heterocycles. The number of unbranched alkanes of at least 4 members (excludes halogenated alkanes) is 1. The number of rotatable bonds is 3. The first-order valence-electron chi connectivity index (χ1n) is 7.20. The Labute approximate surface area is 133 Å². The van der Waals surface area contributed by atoms with E-state index in [0.29, 0.717) is 41.1 Å². The molecular weight excluding hydrogens is 313 g/mol. The standard InChI is InChI=1S/C15H17Cl2NO3/c1-2-3-7-18-13-11(17)6-5-10(16)12(13)15(14(18)19)20-8-4-9-21-15/h5-6H,2-4,7-9H2,1H3. The highest BCUT2D eigenvalue weighted by Crippen LogP contribution is 2.51. The molecule has 1 spiro atoms. The van der Waals surface area contributed by atoms with Crippen LogP contribution in [0, 0.1) is 0 Å². The summed E-state index contributed by atoms with van der Waals surface area (Å²) in [5, 5.41) is 0.942. The predicted molar refractivity (Wildman–Crippen MR) is 81.9 cm³/mol. The van der Waals surface area contributed by atoms with Gasteiger partial charge in [-0.25, -0.2) is 0 Å². The average molecular weight is 330 g/mol. The number of halogens is 2. The van der Waals surface area contributed by atoms with Crippen LogP contribution in [0.3, 0.4) is 0 Å². The number of carbonyl (C=O) groups excluding carboxylic acids is 1. The van der Waals surface area contributed by atoms with Crippen LogP contribution in [0.25, 0.3) is 0 Å². The fraction of sp³-hybridized carbons (Fsp3) is 0.533. The lowest BCUT2D eigenvalue weighted by Crippen LogP contribution is -2.47. The summed E-state index contributed by atoms with van der Waals surface area (Å²) >= 11 is 12.7. The molecule has 1 aromatic carbocycles. The van der Waals surface area contributed by atoms with E-state index in [2.05, 4.69) is 6.92 Å². The van der Waals surface area contributed by atoms with Gasteiger partial charge in [-0.3, -0.25) is 4.79 Å². The van der Waals surface area contributed by atoms with Gasteiger partial charge < -0.3 is 14.4 Å². The molecule has 0 bridgehead atoms. The van der Waals surface area contributed by atoms with Crippen LogP contribution in [0.1, 0.15) is 31.7 Å². The van der Waals surface area contributed by atoms with Crippen LogP contribution in [0.2, 0.25) is 10.0 Å². The second kappa shape index (κ2) is 5.76. The minimum atomic E-state index is -1.41. The zero-order valence-corrected chi connectivity index (χ0v) is 13.3. The van der Waals surface area contributed by atoms with E-state index in [4.69, 9.17) is 32.7 Å². The molecule has 1 saturated heterocycles. The fourth-order valence-electron chi connectivity index (χ4n) is 2.83. The molecule has 21 heavy (non-hydrogen) atoms. The summed E-state index contributed by atoms with van der Waals surface area (Å²) in [5.74, 6) is -1.64. The topological polar surface area (TPSA) is 38.8 Å². The maximum absolute atomic E-state index is 12.9. The first kappa shape index (κ1) is 15.1. The number of carbonyl (C=O) groups is 1. The lowest BCUT2D eigenvalue weighted by molar-refractivity contribution is -0.256. The molecule has 0 aliphatic carbocycles. The smallest absolute Gasteiger partial charge is 0.292 e. The van der Waals surface area contributed by atoms with Gasteiger partial charge in [0.1, 0.15) is 0 Å². The second-order valence-electron chi connectivity index (χ2n) is 5.23. The van der Waals surface area contributed by atoms with Crippen LogP contribution in [0.15, 0.2) is 12.1 Å². The number of benzene rings is 1. The number of nitrogens with zero attached hydrogens (tertiary/aromatic N) is 1. The van der Waals surface area contributed by atoms with Gasteiger partial charge in [-0.15, -0.1) is 0 Å². The Hall–Kier alpha value is -0.810. The molecule has 0 N–H and O–H groups in total. The third-order valence-corrected chi connectivity index (χ3v) is 4.46. The molecule has 1 aromatic rings. The number of hydrogen-bond donors (Lipinski definition) is 0. The van der Waals surface area contributed by atoms with Gasteiger partial charge in [0.05, 0.1) is 34.5 Å². The van der Waals surface area contributed by atoms with Crippen molar-refractivity contribution in [3.8, 4) is 0 Å². The highest BCUT2D eigenvalue weighted by Gasteiger charge is 2.56. The molecule has 0 atom stereocenters. The molecule has 4 nitrogen and oxygen atoms in total. The minimum absolute atomic E-state index is 0.222. The van der Waals surface area contributed by atoms with Crippen molar-refractivity contribution in [3.63, 3.8) is 0 Å². The van der Waals surface area contributed by atoms with Crippen molar-refractivity contribution in [2.75, 3.05) is 24.7 Å². The summed E-state index contributed by atoms with van der Waals surface area (Å²) in [7, 11) is 0. The van der Waals surface area contributed by atoms with Crippen molar-refractivity contribution in [2.45, 2.75) is 32.0 Å². The molecule has 1 fully saturated rings. The van der Waals surface area contributed by atoms with E-state index < -0.39 is 5.79 Å². The van der Waals surface area contributed by atoms with Crippen molar-refractivity contribution >= 4 is 34.8 Å². The van der Waals surface area contributed by atoms with Gasteiger partial charge in [0.2, 0.25) is 0 Å². The van der Waals surface area contributed by atoms with Crippen molar-refractivity contribution in [2.24, 2.45) is 0 Å². The molecule has 0 unspecified atom stereocenters. The summed E-state index contributed by atoms with van der Waals surface area (Å²) in [6, 6.07) is 3.39. The van der Waals surface area contributed by atoms with E-state index >= 15 is 0 Å². The van der Waals surface area contributed by atoms with Crippen LogP contribution >= 0.6 is 23.2 Å². The van der Waals surface area contributed by atoms with Crippen molar-refractivity contribution in [1.29, 1.82) is 0 Å².